The predicted octanol–water partition coefficient (Wildman–Crippen LogP) is 0.892. The predicted molar refractivity (Wildman–Crippen MR) is 65.2 cm³/mol. The van der Waals surface area contributed by atoms with Crippen molar-refractivity contribution in [1.82, 2.24) is 0 Å². The van der Waals surface area contributed by atoms with Crippen LogP contribution in [0.25, 0.3) is 0 Å². The van der Waals surface area contributed by atoms with E-state index in [0.29, 0.717) is 24.5 Å². The Kier molecular flexibility index (Phi) is 3.49. The van der Waals surface area contributed by atoms with Crippen LogP contribution in [0.5, 0.6) is 0 Å². The summed E-state index contributed by atoms with van der Waals surface area (Å²) in [6, 6.07) is 5.39. The van der Waals surface area contributed by atoms with Crippen LogP contribution in [0.4, 0.5) is 11.4 Å². The number of esters is 1. The van der Waals surface area contributed by atoms with Gasteiger partial charge < -0.3 is 20.1 Å². The lowest BCUT2D eigenvalue weighted by molar-refractivity contribution is 0.0602. The lowest BCUT2D eigenvalue weighted by atomic mass is 10.1. The van der Waals surface area contributed by atoms with Gasteiger partial charge in [-0.2, -0.15) is 0 Å². The number of methoxy groups -OCH3 is 1. The number of nitrogens with zero attached hydrogens (tertiary/aromatic N) is 1. The molecule has 2 N–H and O–H groups in total. The fraction of sp³-hybridized carbons (Fsp3) is 0.417. The first-order valence-corrected chi connectivity index (χ1v) is 5.53. The van der Waals surface area contributed by atoms with Gasteiger partial charge in [-0.05, 0) is 12.1 Å². The number of carbonyl (C=O) groups excluding carboxylic acids is 1. The Bertz CT molecular complexity index is 414. The van der Waals surface area contributed by atoms with E-state index in [0.717, 1.165) is 18.8 Å². The smallest absolute Gasteiger partial charge is 0.340 e. The average Bonchev–Trinajstić information content (AvgIpc) is 2.39. The fourth-order valence-electron chi connectivity index (χ4n) is 1.92. The number of rotatable bonds is 2. The summed E-state index contributed by atoms with van der Waals surface area (Å²) in [6.45, 7) is 2.94. The Morgan fingerprint density at radius 3 is 2.76 bits per heavy atom. The average molecular weight is 236 g/mol. The first kappa shape index (κ1) is 11.7. The molecule has 1 heterocycles. The molecule has 1 aliphatic rings. The fourth-order valence-corrected chi connectivity index (χ4v) is 1.92. The highest BCUT2D eigenvalue weighted by Crippen LogP contribution is 2.27. The third-order valence-electron chi connectivity index (χ3n) is 2.84. The van der Waals surface area contributed by atoms with Crippen molar-refractivity contribution >= 4 is 17.3 Å². The van der Waals surface area contributed by atoms with E-state index in [1.807, 2.05) is 12.1 Å². The molecule has 1 aromatic carbocycles. The van der Waals surface area contributed by atoms with Gasteiger partial charge in [0.15, 0.2) is 0 Å². The van der Waals surface area contributed by atoms with Crippen LogP contribution in [0.1, 0.15) is 10.4 Å². The number of carbonyl (C=O) groups is 1. The number of benzene rings is 1. The Morgan fingerprint density at radius 1 is 1.41 bits per heavy atom. The van der Waals surface area contributed by atoms with Crippen LogP contribution in [0.3, 0.4) is 0 Å². The number of para-hydroxylation sites is 1. The summed E-state index contributed by atoms with van der Waals surface area (Å²) in [7, 11) is 1.35. The van der Waals surface area contributed by atoms with E-state index in [4.69, 9.17) is 15.2 Å². The number of morpholine rings is 1. The van der Waals surface area contributed by atoms with Crippen LogP contribution in [-0.2, 0) is 9.47 Å². The quantitative estimate of drug-likeness (QED) is 0.610. The maximum absolute atomic E-state index is 11.5. The summed E-state index contributed by atoms with van der Waals surface area (Å²) < 4.78 is 9.98. The molecule has 0 spiro atoms. The molecule has 1 saturated heterocycles. The van der Waals surface area contributed by atoms with E-state index in [9.17, 15) is 4.79 Å². The summed E-state index contributed by atoms with van der Waals surface area (Å²) in [5, 5.41) is 0. The van der Waals surface area contributed by atoms with Crippen molar-refractivity contribution in [1.29, 1.82) is 0 Å². The second-order valence-corrected chi connectivity index (χ2v) is 3.83. The van der Waals surface area contributed by atoms with Crippen molar-refractivity contribution in [3.63, 3.8) is 0 Å². The Balaban J connectivity index is 2.31. The second-order valence-electron chi connectivity index (χ2n) is 3.83. The van der Waals surface area contributed by atoms with Gasteiger partial charge in [0.05, 0.1) is 37.3 Å². The molecular weight excluding hydrogens is 220 g/mol. The van der Waals surface area contributed by atoms with Crippen LogP contribution in [0, 0.1) is 0 Å². The van der Waals surface area contributed by atoms with E-state index >= 15 is 0 Å². The Hall–Kier alpha value is -1.75. The Labute approximate surface area is 100 Å². The highest BCUT2D eigenvalue weighted by Gasteiger charge is 2.18. The summed E-state index contributed by atoms with van der Waals surface area (Å²) >= 11 is 0. The molecule has 1 aliphatic heterocycles. The largest absolute Gasteiger partial charge is 0.465 e. The summed E-state index contributed by atoms with van der Waals surface area (Å²) in [5.74, 6) is -0.405. The van der Waals surface area contributed by atoms with Gasteiger partial charge in [0, 0.05) is 13.1 Å². The molecule has 1 aromatic rings. The molecule has 2 rings (SSSR count). The van der Waals surface area contributed by atoms with Crippen molar-refractivity contribution in [2.24, 2.45) is 0 Å². The third kappa shape index (κ3) is 2.34. The molecular formula is C12H16N2O3. The van der Waals surface area contributed by atoms with Crippen LogP contribution in [0.2, 0.25) is 0 Å². The number of ether oxygens (including phenoxy) is 2. The van der Waals surface area contributed by atoms with E-state index in [2.05, 4.69) is 4.90 Å². The minimum atomic E-state index is -0.405. The molecule has 0 radical (unpaired) electrons. The lowest BCUT2D eigenvalue weighted by Gasteiger charge is -2.30. The van der Waals surface area contributed by atoms with Gasteiger partial charge in [0.2, 0.25) is 0 Å². The zero-order valence-electron chi connectivity index (χ0n) is 9.81. The normalized spacial score (nSPS) is 15.7. The van der Waals surface area contributed by atoms with Crippen LogP contribution in [0.15, 0.2) is 18.2 Å². The highest BCUT2D eigenvalue weighted by atomic mass is 16.5. The van der Waals surface area contributed by atoms with E-state index in [-0.39, 0.29) is 0 Å². The van der Waals surface area contributed by atoms with Gasteiger partial charge in [-0.25, -0.2) is 4.79 Å². The molecule has 5 nitrogen and oxygen atoms in total. The van der Waals surface area contributed by atoms with E-state index in [1.54, 1.807) is 6.07 Å². The van der Waals surface area contributed by atoms with Gasteiger partial charge in [0.25, 0.3) is 0 Å². The van der Waals surface area contributed by atoms with Crippen molar-refractivity contribution < 1.29 is 14.3 Å². The number of nitrogen functional groups attached to an aromatic ring is 1. The molecule has 0 saturated carbocycles. The first-order valence-electron chi connectivity index (χ1n) is 5.53. The van der Waals surface area contributed by atoms with Crippen molar-refractivity contribution in [2.75, 3.05) is 44.0 Å². The molecule has 0 atom stereocenters. The zero-order chi connectivity index (χ0) is 12.3. The molecule has 92 valence electrons. The van der Waals surface area contributed by atoms with Gasteiger partial charge in [0.1, 0.15) is 0 Å². The maximum atomic E-state index is 11.5. The first-order chi connectivity index (χ1) is 8.24. The molecule has 0 aliphatic carbocycles. The SMILES string of the molecule is COC(=O)c1cccc(N2CCOCC2)c1N. The molecule has 0 bridgehead atoms. The van der Waals surface area contributed by atoms with E-state index in [1.165, 1.54) is 7.11 Å². The third-order valence-corrected chi connectivity index (χ3v) is 2.84. The standard InChI is InChI=1S/C12H16N2O3/c1-16-12(15)9-3-2-4-10(11(9)13)14-5-7-17-8-6-14/h2-4H,5-8,13H2,1H3. The van der Waals surface area contributed by atoms with E-state index < -0.39 is 5.97 Å². The zero-order valence-corrected chi connectivity index (χ0v) is 9.81. The van der Waals surface area contributed by atoms with Gasteiger partial charge in [-0.3, -0.25) is 0 Å². The monoisotopic (exact) mass is 236 g/mol. The minimum Gasteiger partial charge on any atom is -0.465 e. The van der Waals surface area contributed by atoms with Crippen molar-refractivity contribution in [3.05, 3.63) is 23.8 Å². The Morgan fingerprint density at radius 2 is 2.12 bits per heavy atom. The number of anilines is 2. The van der Waals surface area contributed by atoms with Gasteiger partial charge in [-0.1, -0.05) is 6.07 Å². The van der Waals surface area contributed by atoms with Crippen LogP contribution in [-0.4, -0.2) is 39.4 Å². The molecule has 5 heteroatoms. The number of hydrogen-bond donors (Lipinski definition) is 1. The number of hydrogen-bond acceptors (Lipinski definition) is 5. The van der Waals surface area contributed by atoms with Crippen molar-refractivity contribution in [2.45, 2.75) is 0 Å². The molecule has 17 heavy (non-hydrogen) atoms. The second kappa shape index (κ2) is 5.05. The highest BCUT2D eigenvalue weighted by molar-refractivity contribution is 5.98. The van der Waals surface area contributed by atoms with Gasteiger partial charge >= 0.3 is 5.97 Å². The van der Waals surface area contributed by atoms with Crippen LogP contribution < -0.4 is 10.6 Å². The maximum Gasteiger partial charge on any atom is 0.340 e. The van der Waals surface area contributed by atoms with Crippen LogP contribution >= 0.6 is 0 Å². The van der Waals surface area contributed by atoms with Gasteiger partial charge in [-0.15, -0.1) is 0 Å². The molecule has 0 unspecified atom stereocenters. The summed E-state index contributed by atoms with van der Waals surface area (Å²) in [6.07, 6.45) is 0. The summed E-state index contributed by atoms with van der Waals surface area (Å²) in [5.41, 5.74) is 7.77. The number of nitrogens with two attached hydrogens (primary N) is 1. The molecule has 0 amide bonds. The summed E-state index contributed by atoms with van der Waals surface area (Å²) in [4.78, 5) is 13.6. The topological polar surface area (TPSA) is 64.8 Å². The molecule has 1 fully saturated rings. The van der Waals surface area contributed by atoms with Crippen molar-refractivity contribution in [3.8, 4) is 0 Å². The lowest BCUT2D eigenvalue weighted by Crippen LogP contribution is -2.36. The minimum absolute atomic E-state index is 0.405. The molecule has 0 aromatic heterocycles.